The lowest BCUT2D eigenvalue weighted by Crippen LogP contribution is -2.25. The summed E-state index contributed by atoms with van der Waals surface area (Å²) >= 11 is 3.43. The van der Waals surface area contributed by atoms with Gasteiger partial charge in [-0.3, -0.25) is 4.79 Å². The fourth-order valence-electron chi connectivity index (χ4n) is 1.36. The van der Waals surface area contributed by atoms with Gasteiger partial charge in [0.1, 0.15) is 22.4 Å². The van der Waals surface area contributed by atoms with Crippen LogP contribution in [-0.2, 0) is 4.79 Å². The maximum absolute atomic E-state index is 11.3. The zero-order valence-electron chi connectivity index (χ0n) is 10.6. The Kier molecular flexibility index (Phi) is 6.42. The highest BCUT2D eigenvalue weighted by molar-refractivity contribution is 9.10. The Morgan fingerprint density at radius 2 is 1.89 bits per heavy atom. The molecule has 0 fully saturated rings. The number of hydrogen-bond acceptors (Lipinski definition) is 5. The summed E-state index contributed by atoms with van der Waals surface area (Å²) in [5.41, 5.74) is 0. The van der Waals surface area contributed by atoms with Crippen LogP contribution in [0.25, 0.3) is 0 Å². The van der Waals surface area contributed by atoms with Crippen molar-refractivity contribution < 1.29 is 4.79 Å². The second kappa shape index (κ2) is 7.86. The molecule has 0 aliphatic carbocycles. The Hall–Kier alpha value is -1.37. The summed E-state index contributed by atoms with van der Waals surface area (Å²) in [7, 11) is 0. The van der Waals surface area contributed by atoms with Gasteiger partial charge in [-0.2, -0.15) is 0 Å². The van der Waals surface area contributed by atoms with Crippen LogP contribution in [0.2, 0.25) is 0 Å². The van der Waals surface area contributed by atoms with E-state index in [1.165, 1.54) is 6.33 Å². The molecular formula is C11H18BrN5O. The van der Waals surface area contributed by atoms with E-state index in [9.17, 15) is 4.79 Å². The molecule has 1 aromatic heterocycles. The number of anilines is 2. The number of halogens is 1. The van der Waals surface area contributed by atoms with E-state index in [-0.39, 0.29) is 5.91 Å². The zero-order valence-corrected chi connectivity index (χ0v) is 12.2. The molecule has 0 saturated heterocycles. The lowest BCUT2D eigenvalue weighted by atomic mass is 10.4. The molecule has 1 amide bonds. The average Bonchev–Trinajstić information content (AvgIpc) is 2.34. The van der Waals surface area contributed by atoms with Crippen LogP contribution >= 0.6 is 15.9 Å². The maximum atomic E-state index is 11.3. The summed E-state index contributed by atoms with van der Waals surface area (Å²) in [6.07, 6.45) is 1.90. The van der Waals surface area contributed by atoms with Crippen LogP contribution in [0.3, 0.4) is 0 Å². The minimum absolute atomic E-state index is 0.0297. The third-order valence-corrected chi connectivity index (χ3v) is 2.90. The quantitative estimate of drug-likeness (QED) is 0.712. The largest absolute Gasteiger partial charge is 0.369 e. The summed E-state index contributed by atoms with van der Waals surface area (Å²) in [4.78, 5) is 19.5. The SMILES string of the molecule is CCNC(=O)CCNc1ncnc(NCC)c1Br. The van der Waals surface area contributed by atoms with Crippen LogP contribution < -0.4 is 16.0 Å². The van der Waals surface area contributed by atoms with Gasteiger partial charge in [-0.25, -0.2) is 9.97 Å². The Bertz CT molecular complexity index is 399. The normalized spacial score (nSPS) is 9.94. The Balaban J connectivity index is 2.52. The smallest absolute Gasteiger partial charge is 0.221 e. The Morgan fingerprint density at radius 3 is 2.50 bits per heavy atom. The van der Waals surface area contributed by atoms with Crippen molar-refractivity contribution in [1.29, 1.82) is 0 Å². The molecule has 6 nitrogen and oxygen atoms in total. The number of aromatic nitrogens is 2. The predicted molar refractivity (Wildman–Crippen MR) is 75.7 cm³/mol. The van der Waals surface area contributed by atoms with Gasteiger partial charge in [0.05, 0.1) is 0 Å². The van der Waals surface area contributed by atoms with Crippen molar-refractivity contribution in [1.82, 2.24) is 15.3 Å². The molecule has 0 aliphatic heterocycles. The van der Waals surface area contributed by atoms with E-state index in [4.69, 9.17) is 0 Å². The fraction of sp³-hybridized carbons (Fsp3) is 0.545. The molecule has 1 aromatic rings. The first-order valence-electron chi connectivity index (χ1n) is 5.94. The third-order valence-electron chi connectivity index (χ3n) is 2.15. The summed E-state index contributed by atoms with van der Waals surface area (Å²) < 4.78 is 0.780. The van der Waals surface area contributed by atoms with Gasteiger partial charge in [-0.05, 0) is 29.8 Å². The van der Waals surface area contributed by atoms with Crippen molar-refractivity contribution in [3.63, 3.8) is 0 Å². The number of hydrogen-bond donors (Lipinski definition) is 3. The van der Waals surface area contributed by atoms with Crippen molar-refractivity contribution in [3.05, 3.63) is 10.8 Å². The lowest BCUT2D eigenvalue weighted by molar-refractivity contribution is -0.120. The standard InChI is InChI=1S/C11H18BrN5O/c1-3-13-8(18)5-6-15-11-9(12)10(14-4-2)16-7-17-11/h7H,3-6H2,1-2H3,(H,13,18)(H2,14,15,16,17). The van der Waals surface area contributed by atoms with Gasteiger partial charge in [0, 0.05) is 26.1 Å². The van der Waals surface area contributed by atoms with Crippen LogP contribution in [0.4, 0.5) is 11.6 Å². The van der Waals surface area contributed by atoms with Crippen molar-refractivity contribution >= 4 is 33.5 Å². The molecule has 0 saturated carbocycles. The van der Waals surface area contributed by atoms with Gasteiger partial charge in [-0.15, -0.1) is 0 Å². The summed E-state index contributed by atoms with van der Waals surface area (Å²) in [6, 6.07) is 0. The topological polar surface area (TPSA) is 78.9 Å². The highest BCUT2D eigenvalue weighted by Crippen LogP contribution is 2.26. The molecule has 0 atom stereocenters. The van der Waals surface area contributed by atoms with Gasteiger partial charge in [0.2, 0.25) is 5.91 Å². The monoisotopic (exact) mass is 315 g/mol. The minimum atomic E-state index is 0.0297. The molecule has 18 heavy (non-hydrogen) atoms. The molecule has 100 valence electrons. The first kappa shape index (κ1) is 14.7. The molecule has 0 aliphatic rings. The third kappa shape index (κ3) is 4.48. The van der Waals surface area contributed by atoms with Crippen LogP contribution in [0.15, 0.2) is 10.8 Å². The van der Waals surface area contributed by atoms with Crippen LogP contribution in [-0.4, -0.2) is 35.5 Å². The summed E-state index contributed by atoms with van der Waals surface area (Å²) in [5.74, 6) is 1.46. The second-order valence-corrected chi connectivity index (χ2v) is 4.34. The number of amides is 1. The molecule has 0 radical (unpaired) electrons. The summed E-state index contributed by atoms with van der Waals surface area (Å²) in [6.45, 7) is 5.87. The van der Waals surface area contributed by atoms with E-state index in [0.717, 1.165) is 16.8 Å². The van der Waals surface area contributed by atoms with Crippen molar-refractivity contribution in [3.8, 4) is 0 Å². The highest BCUT2D eigenvalue weighted by Gasteiger charge is 2.07. The number of carbonyl (C=O) groups is 1. The predicted octanol–water partition coefficient (Wildman–Crippen LogP) is 1.61. The fourth-order valence-corrected chi connectivity index (χ4v) is 1.85. The highest BCUT2D eigenvalue weighted by atomic mass is 79.9. The van der Waals surface area contributed by atoms with Gasteiger partial charge < -0.3 is 16.0 Å². The first-order valence-corrected chi connectivity index (χ1v) is 6.73. The zero-order chi connectivity index (χ0) is 13.4. The van der Waals surface area contributed by atoms with E-state index >= 15 is 0 Å². The van der Waals surface area contributed by atoms with Gasteiger partial charge in [0.25, 0.3) is 0 Å². The number of nitrogens with one attached hydrogen (secondary N) is 3. The molecule has 7 heteroatoms. The second-order valence-electron chi connectivity index (χ2n) is 3.55. The number of nitrogens with zero attached hydrogens (tertiary/aromatic N) is 2. The molecule has 0 bridgehead atoms. The van der Waals surface area contributed by atoms with Gasteiger partial charge in [0.15, 0.2) is 0 Å². The van der Waals surface area contributed by atoms with Gasteiger partial charge >= 0.3 is 0 Å². The number of rotatable bonds is 7. The first-order chi connectivity index (χ1) is 8.69. The van der Waals surface area contributed by atoms with E-state index in [1.807, 2.05) is 13.8 Å². The molecular weight excluding hydrogens is 298 g/mol. The van der Waals surface area contributed by atoms with Crippen LogP contribution in [0.5, 0.6) is 0 Å². The Morgan fingerprint density at radius 1 is 1.22 bits per heavy atom. The van der Waals surface area contributed by atoms with Crippen molar-refractivity contribution in [2.75, 3.05) is 30.3 Å². The van der Waals surface area contributed by atoms with Crippen LogP contribution in [0, 0.1) is 0 Å². The number of carbonyl (C=O) groups excluding carboxylic acids is 1. The molecule has 1 rings (SSSR count). The van der Waals surface area contributed by atoms with Gasteiger partial charge in [-0.1, -0.05) is 0 Å². The summed E-state index contributed by atoms with van der Waals surface area (Å²) in [5, 5.41) is 8.96. The average molecular weight is 316 g/mol. The Labute approximate surface area is 115 Å². The molecule has 1 heterocycles. The lowest BCUT2D eigenvalue weighted by Gasteiger charge is -2.10. The van der Waals surface area contributed by atoms with E-state index in [2.05, 4.69) is 41.8 Å². The van der Waals surface area contributed by atoms with Crippen molar-refractivity contribution in [2.45, 2.75) is 20.3 Å². The van der Waals surface area contributed by atoms with E-state index in [1.54, 1.807) is 0 Å². The molecule has 0 unspecified atom stereocenters. The van der Waals surface area contributed by atoms with Crippen LogP contribution in [0.1, 0.15) is 20.3 Å². The maximum Gasteiger partial charge on any atom is 0.221 e. The van der Waals surface area contributed by atoms with Crippen molar-refractivity contribution in [2.24, 2.45) is 0 Å². The van der Waals surface area contributed by atoms with E-state index < -0.39 is 0 Å². The minimum Gasteiger partial charge on any atom is -0.369 e. The van der Waals surface area contributed by atoms with E-state index in [0.29, 0.717) is 25.3 Å². The molecule has 0 aromatic carbocycles. The molecule has 3 N–H and O–H groups in total. The molecule has 0 spiro atoms.